The molecule has 6 heteroatoms. The third kappa shape index (κ3) is 7.90. The van der Waals surface area contributed by atoms with Crippen LogP contribution in [-0.4, -0.2) is 49.5 Å². The van der Waals surface area contributed by atoms with Gasteiger partial charge in [0.1, 0.15) is 17.4 Å². The van der Waals surface area contributed by atoms with Crippen molar-refractivity contribution in [1.29, 1.82) is 0 Å². The lowest BCUT2D eigenvalue weighted by molar-refractivity contribution is -0.138. The first-order chi connectivity index (χ1) is 12.5. The molecule has 0 aromatic heterocycles. The quantitative estimate of drug-likeness (QED) is 0.570. The first-order valence-electron chi connectivity index (χ1n) is 8.78. The van der Waals surface area contributed by atoms with E-state index in [1.54, 1.807) is 7.11 Å². The summed E-state index contributed by atoms with van der Waals surface area (Å²) in [5.74, 6) is 6.42. The summed E-state index contributed by atoms with van der Waals surface area (Å²) < 4.78 is 15.7. The van der Waals surface area contributed by atoms with Crippen molar-refractivity contribution in [1.82, 2.24) is 4.90 Å². The molecule has 1 aliphatic rings. The van der Waals surface area contributed by atoms with E-state index in [-0.39, 0.29) is 23.5 Å². The molecule has 0 bridgehead atoms. The number of nitrogens with zero attached hydrogens (tertiary/aromatic N) is 1. The lowest BCUT2D eigenvalue weighted by Crippen LogP contribution is -2.39. The van der Waals surface area contributed by atoms with E-state index < -0.39 is 0 Å². The van der Waals surface area contributed by atoms with Crippen molar-refractivity contribution >= 4 is 18.1 Å². The van der Waals surface area contributed by atoms with Gasteiger partial charge in [-0.3, -0.25) is 9.69 Å². The number of carbonyl (C=O) groups is 1. The number of rotatable bonds is 3. The zero-order valence-electron chi connectivity index (χ0n) is 17.2. The van der Waals surface area contributed by atoms with Gasteiger partial charge in [-0.2, -0.15) is 0 Å². The maximum atomic E-state index is 9.60. The molecule has 0 aliphatic carbocycles. The van der Waals surface area contributed by atoms with E-state index in [2.05, 4.69) is 21.5 Å². The Balaban J connectivity index is 0.000000445. The molecule has 1 aromatic carbocycles. The summed E-state index contributed by atoms with van der Waals surface area (Å²) in [6.07, 6.45) is -0.246. The van der Waals surface area contributed by atoms with Crippen LogP contribution < -0.4 is 0 Å². The number of benzene rings is 1. The van der Waals surface area contributed by atoms with Gasteiger partial charge in [-0.25, -0.2) is 0 Å². The Hall–Kier alpha value is -1.58. The van der Waals surface area contributed by atoms with Crippen LogP contribution in [0.1, 0.15) is 46.3 Å². The molecule has 0 radical (unpaired) electrons. The highest BCUT2D eigenvalue weighted by Gasteiger charge is 2.36. The van der Waals surface area contributed by atoms with Crippen molar-refractivity contribution in [3.8, 4) is 11.8 Å². The Bertz CT molecular complexity index is 655. The molecule has 2 atom stereocenters. The number of hydrogen-bond donors (Lipinski definition) is 0. The van der Waals surface area contributed by atoms with E-state index in [4.69, 9.17) is 21.1 Å². The predicted octanol–water partition coefficient (Wildman–Crippen LogP) is 4.06. The average Bonchev–Trinajstić information content (AvgIpc) is 2.83. The largest absolute Gasteiger partial charge is 0.462 e. The molecule has 5 nitrogen and oxygen atoms in total. The van der Waals surface area contributed by atoms with Gasteiger partial charge in [0.2, 0.25) is 0 Å². The summed E-state index contributed by atoms with van der Waals surface area (Å²) in [6.45, 7) is 10.6. The molecule has 27 heavy (non-hydrogen) atoms. The smallest absolute Gasteiger partial charge is 0.293 e. The van der Waals surface area contributed by atoms with Gasteiger partial charge in [0, 0.05) is 12.1 Å². The highest BCUT2D eigenvalue weighted by molar-refractivity contribution is 6.30. The Morgan fingerprint density at radius 2 is 1.93 bits per heavy atom. The molecule has 1 heterocycles. The van der Waals surface area contributed by atoms with Crippen LogP contribution in [0.5, 0.6) is 0 Å². The van der Waals surface area contributed by atoms with Crippen molar-refractivity contribution < 1.29 is 19.0 Å². The van der Waals surface area contributed by atoms with Crippen LogP contribution in [-0.2, 0) is 19.0 Å². The topological polar surface area (TPSA) is 48.0 Å². The minimum atomic E-state index is -0.318. The molecule has 1 aromatic rings. The van der Waals surface area contributed by atoms with Crippen LogP contribution in [0.15, 0.2) is 24.3 Å². The molecule has 150 valence electrons. The summed E-state index contributed by atoms with van der Waals surface area (Å²) >= 11 is 5.89. The third-order valence-corrected chi connectivity index (χ3v) is 4.35. The summed E-state index contributed by atoms with van der Waals surface area (Å²) in [5, 5.41) is 0.710. The number of hydrogen-bond acceptors (Lipinski definition) is 5. The Kier molecular flexibility index (Phi) is 8.77. The monoisotopic (exact) mass is 395 g/mol. The Morgan fingerprint density at radius 1 is 1.33 bits per heavy atom. The highest BCUT2D eigenvalue weighted by Crippen LogP contribution is 2.25. The molecule has 2 unspecified atom stereocenters. The second-order valence-electron chi connectivity index (χ2n) is 7.67. The first kappa shape index (κ1) is 23.5. The minimum absolute atomic E-state index is 0.0925. The summed E-state index contributed by atoms with van der Waals surface area (Å²) in [5.41, 5.74) is 0.425. The fraction of sp³-hybridized carbons (Fsp3) is 0.571. The van der Waals surface area contributed by atoms with Crippen LogP contribution in [0.25, 0.3) is 0 Å². The number of carbonyl (C=O) groups excluding carboxylic acids is 1. The van der Waals surface area contributed by atoms with E-state index in [9.17, 15) is 4.79 Å². The fourth-order valence-electron chi connectivity index (χ4n) is 2.24. The number of methoxy groups -OCH3 is 1. The minimum Gasteiger partial charge on any atom is -0.462 e. The van der Waals surface area contributed by atoms with Gasteiger partial charge < -0.3 is 14.2 Å². The van der Waals surface area contributed by atoms with Crippen molar-refractivity contribution in [2.45, 2.75) is 58.1 Å². The number of likely N-dealkylation sites (N-methyl/N-ethyl adjacent to an activating group) is 1. The van der Waals surface area contributed by atoms with E-state index >= 15 is 0 Å². The zero-order chi connectivity index (χ0) is 20.7. The van der Waals surface area contributed by atoms with Crippen molar-refractivity contribution in [2.75, 3.05) is 20.8 Å². The molecule has 0 spiro atoms. The standard InChI is InChI=1S/C16H20ClNO2.C5H10O2/c1-16(2)18(3)14(11-20-16)9-10-15(19-4)12-5-7-13(17)8-6-12;1-5(2,3)7-4-6/h5-8,14-15H,11H2,1-4H3;4H,1-3H3. The van der Waals surface area contributed by atoms with Crippen LogP contribution in [0, 0.1) is 11.8 Å². The Morgan fingerprint density at radius 3 is 2.30 bits per heavy atom. The van der Waals surface area contributed by atoms with Crippen LogP contribution in [0.3, 0.4) is 0 Å². The maximum absolute atomic E-state index is 9.60. The molecule has 0 saturated carbocycles. The van der Waals surface area contributed by atoms with Gasteiger partial charge in [0.15, 0.2) is 0 Å². The highest BCUT2D eigenvalue weighted by atomic mass is 35.5. The van der Waals surface area contributed by atoms with Gasteiger partial charge in [0.25, 0.3) is 6.47 Å². The van der Waals surface area contributed by atoms with E-state index in [0.29, 0.717) is 18.1 Å². The van der Waals surface area contributed by atoms with Gasteiger partial charge in [-0.05, 0) is 59.4 Å². The van der Waals surface area contributed by atoms with Gasteiger partial charge in [0.05, 0.1) is 12.6 Å². The van der Waals surface area contributed by atoms with Crippen molar-refractivity contribution in [3.63, 3.8) is 0 Å². The normalized spacial score (nSPS) is 19.9. The second kappa shape index (κ2) is 10.1. The van der Waals surface area contributed by atoms with Gasteiger partial charge >= 0.3 is 0 Å². The van der Waals surface area contributed by atoms with E-state index in [1.165, 1.54) is 0 Å². The first-order valence-corrected chi connectivity index (χ1v) is 9.15. The zero-order valence-corrected chi connectivity index (χ0v) is 18.0. The van der Waals surface area contributed by atoms with Crippen molar-refractivity contribution in [2.24, 2.45) is 0 Å². The summed E-state index contributed by atoms with van der Waals surface area (Å²) in [7, 11) is 3.68. The second-order valence-corrected chi connectivity index (χ2v) is 8.10. The molecule has 0 N–H and O–H groups in total. The molecule has 1 saturated heterocycles. The Labute approximate surface area is 167 Å². The molecule has 2 rings (SSSR count). The molecule has 1 fully saturated rings. The predicted molar refractivity (Wildman–Crippen MR) is 107 cm³/mol. The maximum Gasteiger partial charge on any atom is 0.293 e. The van der Waals surface area contributed by atoms with E-state index in [0.717, 1.165) is 5.56 Å². The van der Waals surface area contributed by atoms with Crippen molar-refractivity contribution in [3.05, 3.63) is 34.9 Å². The number of halogens is 1. The molecular weight excluding hydrogens is 366 g/mol. The van der Waals surface area contributed by atoms with Gasteiger partial charge in [-0.1, -0.05) is 35.6 Å². The SMILES string of the molecule is CC(C)(C)OC=O.COC(C#CC1COC(C)(C)N1C)c1ccc(Cl)cc1. The average molecular weight is 396 g/mol. The molecule has 1 aliphatic heterocycles. The number of ether oxygens (including phenoxy) is 3. The lowest BCUT2D eigenvalue weighted by Gasteiger charge is -2.27. The van der Waals surface area contributed by atoms with Crippen LogP contribution in [0.4, 0.5) is 0 Å². The third-order valence-electron chi connectivity index (χ3n) is 4.10. The van der Waals surface area contributed by atoms with Crippen LogP contribution in [0.2, 0.25) is 5.02 Å². The molecule has 0 amide bonds. The lowest BCUT2D eigenvalue weighted by atomic mass is 10.1. The molecular formula is C21H30ClNO4. The van der Waals surface area contributed by atoms with Gasteiger partial charge in [-0.15, -0.1) is 0 Å². The summed E-state index contributed by atoms with van der Waals surface area (Å²) in [6, 6.07) is 7.65. The van der Waals surface area contributed by atoms with Crippen LogP contribution >= 0.6 is 11.6 Å². The fourth-order valence-corrected chi connectivity index (χ4v) is 2.37. The van der Waals surface area contributed by atoms with E-state index in [1.807, 2.05) is 65.9 Å². The summed E-state index contributed by atoms with van der Waals surface area (Å²) in [4.78, 5) is 11.7.